The van der Waals surface area contributed by atoms with Crippen LogP contribution in [-0.4, -0.2) is 40.7 Å². The van der Waals surface area contributed by atoms with Crippen molar-refractivity contribution in [3.8, 4) is 0 Å². The van der Waals surface area contributed by atoms with Crippen LogP contribution in [0.3, 0.4) is 0 Å². The number of carbonyl (C=O) groups excluding carboxylic acids is 1. The largest absolute Gasteiger partial charge is 0.387 e. The van der Waals surface area contributed by atoms with Crippen molar-refractivity contribution in [3.63, 3.8) is 0 Å². The molecule has 0 saturated carbocycles. The monoisotopic (exact) mass is 382 g/mol. The van der Waals surface area contributed by atoms with E-state index in [0.29, 0.717) is 19.4 Å². The Morgan fingerprint density at radius 3 is 2.50 bits per heavy atom. The third kappa shape index (κ3) is 4.79. The van der Waals surface area contributed by atoms with Gasteiger partial charge in [0, 0.05) is 32.2 Å². The molecule has 28 heavy (non-hydrogen) atoms. The number of hydrogen-bond donors (Lipinski definition) is 3. The highest BCUT2D eigenvalue weighted by Gasteiger charge is 2.34. The fraction of sp³-hybridized carbons (Fsp3) is 0.435. The Bertz CT molecular complexity index is 841. The number of aliphatic hydroxyl groups is 2. The first kappa shape index (κ1) is 20.5. The van der Waals surface area contributed by atoms with Crippen molar-refractivity contribution in [2.24, 2.45) is 0 Å². The number of hydrogen-bond acceptors (Lipinski definition) is 4. The number of nitrogens with zero attached hydrogens (tertiary/aromatic N) is 1. The molecule has 5 nitrogen and oxygen atoms in total. The molecule has 0 spiro atoms. The summed E-state index contributed by atoms with van der Waals surface area (Å²) in [6.07, 6.45) is 0.711. The van der Waals surface area contributed by atoms with Crippen LogP contribution in [0.4, 0.5) is 5.69 Å². The Morgan fingerprint density at radius 2 is 1.89 bits per heavy atom. The van der Waals surface area contributed by atoms with E-state index in [1.807, 2.05) is 50.2 Å². The van der Waals surface area contributed by atoms with Gasteiger partial charge in [-0.25, -0.2) is 0 Å². The highest BCUT2D eigenvalue weighted by atomic mass is 16.3. The molecule has 3 rings (SSSR count). The second kappa shape index (κ2) is 8.43. The van der Waals surface area contributed by atoms with Crippen LogP contribution in [0, 0.1) is 13.8 Å². The lowest BCUT2D eigenvalue weighted by Gasteiger charge is -2.39. The maximum Gasteiger partial charge on any atom is 0.221 e. The van der Waals surface area contributed by atoms with Crippen LogP contribution in [0.2, 0.25) is 0 Å². The molecule has 0 radical (unpaired) electrons. The molecule has 0 aromatic heterocycles. The molecule has 150 valence electrons. The van der Waals surface area contributed by atoms with E-state index in [4.69, 9.17) is 0 Å². The lowest BCUT2D eigenvalue weighted by atomic mass is 9.84. The molecule has 2 aromatic rings. The molecular weight excluding hydrogens is 352 g/mol. The Labute approximate surface area is 167 Å². The zero-order valence-electron chi connectivity index (χ0n) is 16.9. The maximum absolute atomic E-state index is 11.2. The zero-order chi connectivity index (χ0) is 20.3. The normalized spacial score (nSPS) is 17.9. The number of piperidine rings is 1. The molecule has 1 aliphatic rings. The van der Waals surface area contributed by atoms with Gasteiger partial charge < -0.3 is 20.4 Å². The molecule has 1 saturated heterocycles. The van der Waals surface area contributed by atoms with Gasteiger partial charge in [0.05, 0.1) is 11.7 Å². The Hall–Kier alpha value is -2.21. The Morgan fingerprint density at radius 1 is 1.18 bits per heavy atom. The van der Waals surface area contributed by atoms with Gasteiger partial charge in [0.2, 0.25) is 5.91 Å². The number of rotatable bonds is 5. The first-order chi connectivity index (χ1) is 13.3. The highest BCUT2D eigenvalue weighted by molar-refractivity contribution is 5.89. The standard InChI is InChI=1S/C23H30N2O3/c1-16-5-4-6-20(13-16)23(28)9-11-25(12-10-23)15-22(27)19-7-8-21(17(2)14-19)24-18(3)26/h4-8,13-14,22,27-28H,9-12,15H2,1-3H3,(H,24,26). The molecule has 5 heteroatoms. The van der Waals surface area contributed by atoms with Crippen LogP contribution in [0.25, 0.3) is 0 Å². The zero-order valence-corrected chi connectivity index (χ0v) is 16.9. The third-order valence-corrected chi connectivity index (χ3v) is 5.62. The summed E-state index contributed by atoms with van der Waals surface area (Å²) in [6.45, 7) is 7.45. The van der Waals surface area contributed by atoms with Crippen molar-refractivity contribution in [2.45, 2.75) is 45.3 Å². The van der Waals surface area contributed by atoms with E-state index >= 15 is 0 Å². The number of amides is 1. The summed E-state index contributed by atoms with van der Waals surface area (Å²) < 4.78 is 0. The average molecular weight is 383 g/mol. The summed E-state index contributed by atoms with van der Waals surface area (Å²) in [6, 6.07) is 13.7. The van der Waals surface area contributed by atoms with Gasteiger partial charge in [0.1, 0.15) is 0 Å². The fourth-order valence-electron chi connectivity index (χ4n) is 3.90. The molecule has 1 unspecified atom stereocenters. The molecule has 1 heterocycles. The number of benzene rings is 2. The molecule has 1 amide bonds. The van der Waals surface area contributed by atoms with Crippen molar-refractivity contribution in [1.82, 2.24) is 4.90 Å². The van der Waals surface area contributed by atoms with Gasteiger partial charge >= 0.3 is 0 Å². The number of β-amino-alcohol motifs (C(OH)–C–C–N with tert-alkyl or cyclic N) is 1. The summed E-state index contributed by atoms with van der Waals surface area (Å²) >= 11 is 0. The van der Waals surface area contributed by atoms with Gasteiger partial charge in [-0.1, -0.05) is 42.0 Å². The second-order valence-electron chi connectivity index (χ2n) is 7.97. The minimum Gasteiger partial charge on any atom is -0.387 e. The minimum atomic E-state index is -0.788. The van der Waals surface area contributed by atoms with E-state index in [-0.39, 0.29) is 5.91 Å². The number of likely N-dealkylation sites (tertiary alicyclic amines) is 1. The fourth-order valence-corrected chi connectivity index (χ4v) is 3.90. The molecule has 3 N–H and O–H groups in total. The van der Waals surface area contributed by atoms with Gasteiger partial charge in [-0.2, -0.15) is 0 Å². The van der Waals surface area contributed by atoms with E-state index in [1.165, 1.54) is 6.92 Å². The highest BCUT2D eigenvalue weighted by Crippen LogP contribution is 2.34. The van der Waals surface area contributed by atoms with Crippen LogP contribution in [0.15, 0.2) is 42.5 Å². The Kier molecular flexibility index (Phi) is 6.18. The average Bonchev–Trinajstić information content (AvgIpc) is 2.65. The SMILES string of the molecule is CC(=O)Nc1ccc(C(O)CN2CCC(O)(c3cccc(C)c3)CC2)cc1C. The van der Waals surface area contributed by atoms with Crippen molar-refractivity contribution in [3.05, 3.63) is 64.7 Å². The summed E-state index contributed by atoms with van der Waals surface area (Å²) in [5, 5.41) is 24.5. The third-order valence-electron chi connectivity index (χ3n) is 5.62. The molecule has 1 fully saturated rings. The second-order valence-corrected chi connectivity index (χ2v) is 7.97. The number of carbonyl (C=O) groups is 1. The van der Waals surface area contributed by atoms with Crippen LogP contribution in [0.1, 0.15) is 48.1 Å². The minimum absolute atomic E-state index is 0.106. The van der Waals surface area contributed by atoms with Crippen LogP contribution < -0.4 is 5.32 Å². The molecule has 0 aliphatic carbocycles. The van der Waals surface area contributed by atoms with Crippen molar-refractivity contribution < 1.29 is 15.0 Å². The summed E-state index contributed by atoms with van der Waals surface area (Å²) in [4.78, 5) is 13.4. The van der Waals surface area contributed by atoms with Gasteiger partial charge in [-0.05, 0) is 49.4 Å². The topological polar surface area (TPSA) is 72.8 Å². The first-order valence-electron chi connectivity index (χ1n) is 9.85. The van der Waals surface area contributed by atoms with Gasteiger partial charge in [-0.3, -0.25) is 4.79 Å². The van der Waals surface area contributed by atoms with Crippen LogP contribution in [-0.2, 0) is 10.4 Å². The van der Waals surface area contributed by atoms with Crippen LogP contribution >= 0.6 is 0 Å². The van der Waals surface area contributed by atoms with E-state index in [0.717, 1.165) is 41.0 Å². The molecule has 1 aliphatic heterocycles. The number of anilines is 1. The smallest absolute Gasteiger partial charge is 0.221 e. The first-order valence-corrected chi connectivity index (χ1v) is 9.85. The molecule has 0 bridgehead atoms. The van der Waals surface area contributed by atoms with E-state index in [9.17, 15) is 15.0 Å². The number of aliphatic hydroxyl groups excluding tert-OH is 1. The predicted molar refractivity (Wildman–Crippen MR) is 111 cm³/mol. The predicted octanol–water partition coefficient (Wildman–Crippen LogP) is 3.28. The van der Waals surface area contributed by atoms with Crippen molar-refractivity contribution in [2.75, 3.05) is 25.0 Å². The molecule has 2 aromatic carbocycles. The number of aryl methyl sites for hydroxylation is 2. The lowest BCUT2D eigenvalue weighted by Crippen LogP contribution is -2.44. The van der Waals surface area contributed by atoms with Gasteiger partial charge in [0.25, 0.3) is 0 Å². The lowest BCUT2D eigenvalue weighted by molar-refractivity contribution is -0.114. The Balaban J connectivity index is 1.60. The van der Waals surface area contributed by atoms with Crippen LogP contribution in [0.5, 0.6) is 0 Å². The summed E-state index contributed by atoms with van der Waals surface area (Å²) in [7, 11) is 0. The molecule has 1 atom stereocenters. The quantitative estimate of drug-likeness (QED) is 0.742. The van der Waals surface area contributed by atoms with E-state index in [2.05, 4.69) is 16.3 Å². The summed E-state index contributed by atoms with van der Waals surface area (Å²) in [5.74, 6) is -0.106. The van der Waals surface area contributed by atoms with Gasteiger partial charge in [0.15, 0.2) is 0 Å². The maximum atomic E-state index is 11.2. The molecular formula is C23H30N2O3. The van der Waals surface area contributed by atoms with Crippen molar-refractivity contribution >= 4 is 11.6 Å². The van der Waals surface area contributed by atoms with E-state index in [1.54, 1.807) is 0 Å². The van der Waals surface area contributed by atoms with E-state index < -0.39 is 11.7 Å². The van der Waals surface area contributed by atoms with Gasteiger partial charge in [-0.15, -0.1) is 0 Å². The summed E-state index contributed by atoms with van der Waals surface area (Å²) in [5.41, 5.74) is 3.89. The number of nitrogens with one attached hydrogen (secondary N) is 1. The van der Waals surface area contributed by atoms with Crippen molar-refractivity contribution in [1.29, 1.82) is 0 Å².